The Morgan fingerprint density at radius 3 is 2.56 bits per heavy atom. The highest BCUT2D eigenvalue weighted by Gasteiger charge is 2.45. The van der Waals surface area contributed by atoms with Crippen LogP contribution in [-0.4, -0.2) is 24.4 Å². The van der Waals surface area contributed by atoms with Crippen LogP contribution in [-0.2, 0) is 19.7 Å². The number of ether oxygens (including phenoxy) is 1. The number of primary amides is 1. The maximum absolute atomic E-state index is 14.3. The third kappa shape index (κ3) is 3.85. The zero-order valence-corrected chi connectivity index (χ0v) is 15.3. The lowest BCUT2D eigenvalue weighted by Crippen LogP contribution is -2.37. The standard InChI is InChI=1S/C19H19FN2O4S/c20-14-6-2-1-5-13(14)19(8-3-4-9-19)18(25)26-11-15(23)22-17-12(16(21)24)7-10-27-17/h1-2,5-7,10H,3-4,8-9,11H2,(H2,21,24)(H,22,23). The van der Waals surface area contributed by atoms with Crippen molar-refractivity contribution in [3.05, 3.63) is 52.7 Å². The van der Waals surface area contributed by atoms with Crippen LogP contribution in [0.15, 0.2) is 35.7 Å². The lowest BCUT2D eigenvalue weighted by Gasteiger charge is -2.27. The molecule has 0 atom stereocenters. The first-order valence-corrected chi connectivity index (χ1v) is 9.41. The van der Waals surface area contributed by atoms with E-state index in [-0.39, 0.29) is 5.56 Å². The van der Waals surface area contributed by atoms with Crippen molar-refractivity contribution in [1.29, 1.82) is 0 Å². The minimum Gasteiger partial charge on any atom is -0.455 e. The summed E-state index contributed by atoms with van der Waals surface area (Å²) in [6.45, 7) is -0.523. The van der Waals surface area contributed by atoms with E-state index < -0.39 is 35.6 Å². The molecule has 1 aromatic carbocycles. The van der Waals surface area contributed by atoms with Crippen LogP contribution in [0.4, 0.5) is 9.39 Å². The average Bonchev–Trinajstić information content (AvgIpc) is 3.30. The average molecular weight is 390 g/mol. The topological polar surface area (TPSA) is 98.5 Å². The van der Waals surface area contributed by atoms with Crippen LogP contribution in [0.25, 0.3) is 0 Å². The first-order valence-electron chi connectivity index (χ1n) is 8.53. The number of anilines is 1. The molecule has 2 aromatic rings. The van der Waals surface area contributed by atoms with E-state index in [1.165, 1.54) is 12.1 Å². The molecule has 1 heterocycles. The zero-order valence-electron chi connectivity index (χ0n) is 14.5. The van der Waals surface area contributed by atoms with E-state index in [1.807, 2.05) is 0 Å². The Bertz CT molecular complexity index is 874. The molecule has 3 N–H and O–H groups in total. The second-order valence-electron chi connectivity index (χ2n) is 6.42. The van der Waals surface area contributed by atoms with E-state index >= 15 is 0 Å². The van der Waals surface area contributed by atoms with Crippen LogP contribution < -0.4 is 11.1 Å². The number of amides is 2. The summed E-state index contributed by atoms with van der Waals surface area (Å²) in [5, 5.41) is 4.43. The van der Waals surface area contributed by atoms with Crippen LogP contribution in [0.1, 0.15) is 41.6 Å². The molecule has 0 bridgehead atoms. The highest BCUT2D eigenvalue weighted by Crippen LogP contribution is 2.43. The lowest BCUT2D eigenvalue weighted by molar-refractivity contribution is -0.153. The number of esters is 1. The number of thiophene rings is 1. The van der Waals surface area contributed by atoms with Gasteiger partial charge in [0.15, 0.2) is 6.61 Å². The fraction of sp³-hybridized carbons (Fsp3) is 0.316. The molecule has 0 radical (unpaired) electrons. The van der Waals surface area contributed by atoms with E-state index in [0.717, 1.165) is 24.2 Å². The number of nitrogens with two attached hydrogens (primary N) is 1. The third-order valence-corrected chi connectivity index (χ3v) is 5.59. The molecule has 8 heteroatoms. The maximum atomic E-state index is 14.3. The van der Waals surface area contributed by atoms with Crippen LogP contribution in [0, 0.1) is 5.82 Å². The van der Waals surface area contributed by atoms with Gasteiger partial charge in [-0.2, -0.15) is 0 Å². The molecule has 6 nitrogen and oxygen atoms in total. The fourth-order valence-electron chi connectivity index (χ4n) is 3.44. The third-order valence-electron chi connectivity index (χ3n) is 4.76. The molecule has 1 saturated carbocycles. The van der Waals surface area contributed by atoms with Crippen molar-refractivity contribution < 1.29 is 23.5 Å². The van der Waals surface area contributed by atoms with Gasteiger partial charge in [-0.25, -0.2) is 4.39 Å². The predicted octanol–water partition coefficient (Wildman–Crippen LogP) is 2.98. The van der Waals surface area contributed by atoms with Gasteiger partial charge in [0.05, 0.1) is 11.0 Å². The second kappa shape index (κ2) is 7.87. The number of hydrogen-bond acceptors (Lipinski definition) is 5. The number of benzene rings is 1. The molecule has 3 rings (SSSR count). The van der Waals surface area contributed by atoms with Gasteiger partial charge in [0, 0.05) is 5.56 Å². The van der Waals surface area contributed by atoms with E-state index in [0.29, 0.717) is 23.4 Å². The largest absolute Gasteiger partial charge is 0.455 e. The van der Waals surface area contributed by atoms with Crippen LogP contribution in [0.5, 0.6) is 0 Å². The molecule has 1 aromatic heterocycles. The smallest absolute Gasteiger partial charge is 0.317 e. The fourth-order valence-corrected chi connectivity index (χ4v) is 4.25. The van der Waals surface area contributed by atoms with Gasteiger partial charge in [0.2, 0.25) is 0 Å². The molecule has 1 fully saturated rings. The number of nitrogens with one attached hydrogen (secondary N) is 1. The molecule has 0 spiro atoms. The van der Waals surface area contributed by atoms with Crippen LogP contribution >= 0.6 is 11.3 Å². The van der Waals surface area contributed by atoms with E-state index in [4.69, 9.17) is 10.5 Å². The summed E-state index contributed by atoms with van der Waals surface area (Å²) in [5.41, 5.74) is 4.67. The first kappa shape index (κ1) is 19.0. The summed E-state index contributed by atoms with van der Waals surface area (Å²) < 4.78 is 19.5. The molecule has 0 aliphatic heterocycles. The van der Waals surface area contributed by atoms with Gasteiger partial charge in [-0.1, -0.05) is 31.0 Å². The number of hydrogen-bond donors (Lipinski definition) is 2. The van der Waals surface area contributed by atoms with Gasteiger partial charge < -0.3 is 15.8 Å². The highest BCUT2D eigenvalue weighted by molar-refractivity contribution is 7.14. The van der Waals surface area contributed by atoms with E-state index in [1.54, 1.807) is 23.6 Å². The summed E-state index contributed by atoms with van der Waals surface area (Å²) in [5.74, 6) is -2.31. The Balaban J connectivity index is 1.68. The van der Waals surface area contributed by atoms with E-state index in [9.17, 15) is 18.8 Å². The maximum Gasteiger partial charge on any atom is 0.317 e. The van der Waals surface area contributed by atoms with Crippen molar-refractivity contribution in [2.24, 2.45) is 5.73 Å². The van der Waals surface area contributed by atoms with Crippen molar-refractivity contribution in [3.8, 4) is 0 Å². The quantitative estimate of drug-likeness (QED) is 0.741. The first-order chi connectivity index (χ1) is 12.9. The number of carbonyl (C=O) groups excluding carboxylic acids is 3. The Morgan fingerprint density at radius 1 is 1.19 bits per heavy atom. The van der Waals surface area contributed by atoms with Crippen molar-refractivity contribution in [3.63, 3.8) is 0 Å². The van der Waals surface area contributed by atoms with Gasteiger partial charge in [-0.15, -0.1) is 11.3 Å². The van der Waals surface area contributed by atoms with Crippen molar-refractivity contribution in [1.82, 2.24) is 0 Å². The van der Waals surface area contributed by atoms with Crippen molar-refractivity contribution in [2.45, 2.75) is 31.1 Å². The van der Waals surface area contributed by atoms with Crippen molar-refractivity contribution in [2.75, 3.05) is 11.9 Å². The summed E-state index contributed by atoms with van der Waals surface area (Å²) in [6.07, 6.45) is 2.52. The summed E-state index contributed by atoms with van der Waals surface area (Å²) in [4.78, 5) is 36.2. The minimum absolute atomic E-state index is 0.193. The SMILES string of the molecule is NC(=O)c1ccsc1NC(=O)COC(=O)C1(c2ccccc2F)CCCC1. The van der Waals surface area contributed by atoms with Crippen LogP contribution in [0.2, 0.25) is 0 Å². The van der Waals surface area contributed by atoms with E-state index in [2.05, 4.69) is 5.32 Å². The molecule has 2 amide bonds. The monoisotopic (exact) mass is 390 g/mol. The molecule has 1 aliphatic carbocycles. The van der Waals surface area contributed by atoms with Gasteiger partial charge in [-0.05, 0) is 30.4 Å². The van der Waals surface area contributed by atoms with Crippen LogP contribution in [0.3, 0.4) is 0 Å². The molecule has 27 heavy (non-hydrogen) atoms. The van der Waals surface area contributed by atoms with Gasteiger partial charge in [0.25, 0.3) is 11.8 Å². The number of carbonyl (C=O) groups is 3. The minimum atomic E-state index is -1.06. The summed E-state index contributed by atoms with van der Waals surface area (Å²) in [6, 6.07) is 7.66. The lowest BCUT2D eigenvalue weighted by atomic mass is 9.78. The molecule has 0 saturated heterocycles. The molecule has 1 aliphatic rings. The molecular weight excluding hydrogens is 371 g/mol. The molecule has 142 valence electrons. The second-order valence-corrected chi connectivity index (χ2v) is 7.34. The zero-order chi connectivity index (χ0) is 19.4. The van der Waals surface area contributed by atoms with Gasteiger partial charge in [0.1, 0.15) is 10.8 Å². The number of halogens is 1. The normalized spacial score (nSPS) is 15.3. The Labute approximate surface area is 159 Å². The molecule has 0 unspecified atom stereocenters. The number of rotatable bonds is 6. The Kier molecular flexibility index (Phi) is 5.55. The Hall–Kier alpha value is -2.74. The van der Waals surface area contributed by atoms with Crippen molar-refractivity contribution >= 4 is 34.1 Å². The summed E-state index contributed by atoms with van der Waals surface area (Å²) in [7, 11) is 0. The van der Waals surface area contributed by atoms with Gasteiger partial charge in [-0.3, -0.25) is 14.4 Å². The molecular formula is C19H19FN2O4S. The highest BCUT2D eigenvalue weighted by atomic mass is 32.1. The Morgan fingerprint density at radius 2 is 1.89 bits per heavy atom. The predicted molar refractivity (Wildman–Crippen MR) is 99.0 cm³/mol. The summed E-state index contributed by atoms with van der Waals surface area (Å²) >= 11 is 1.14. The van der Waals surface area contributed by atoms with Gasteiger partial charge >= 0.3 is 5.97 Å².